The van der Waals surface area contributed by atoms with Crippen molar-refractivity contribution in [2.45, 2.75) is 69.3 Å². The van der Waals surface area contributed by atoms with Gasteiger partial charge in [0.1, 0.15) is 10.1 Å². The second-order valence-electron chi connectivity index (χ2n) is 7.83. The normalized spacial score (nSPS) is 14.9. The molecule has 0 bridgehead atoms. The van der Waals surface area contributed by atoms with Crippen LogP contribution in [0.1, 0.15) is 50.0 Å². The van der Waals surface area contributed by atoms with E-state index in [1.54, 1.807) is 15.9 Å². The molecule has 1 atom stereocenters. The van der Waals surface area contributed by atoms with Crippen molar-refractivity contribution in [1.82, 2.24) is 14.5 Å². The summed E-state index contributed by atoms with van der Waals surface area (Å²) >= 11 is 2.99. The summed E-state index contributed by atoms with van der Waals surface area (Å²) in [4.78, 5) is 34.8. The van der Waals surface area contributed by atoms with Crippen LogP contribution in [0.4, 0.5) is 0 Å². The molecule has 2 aromatic rings. The molecule has 0 aliphatic heterocycles. The fourth-order valence-electron chi connectivity index (χ4n) is 3.58. The number of hydrogen-bond acceptors (Lipinski definition) is 7. The molecule has 0 saturated heterocycles. The van der Waals surface area contributed by atoms with Crippen molar-refractivity contribution in [2.75, 3.05) is 27.2 Å². The van der Waals surface area contributed by atoms with Gasteiger partial charge in [0.15, 0.2) is 5.16 Å². The molecular formula is C21H31N3O3S2. The Morgan fingerprint density at radius 3 is 2.83 bits per heavy atom. The number of thiophene rings is 1. The Bertz CT molecular complexity index is 920. The monoisotopic (exact) mass is 437 g/mol. The van der Waals surface area contributed by atoms with E-state index in [0.717, 1.165) is 48.9 Å². The van der Waals surface area contributed by atoms with Gasteiger partial charge < -0.3 is 9.64 Å². The summed E-state index contributed by atoms with van der Waals surface area (Å²) in [5.41, 5.74) is 1.26. The second-order valence-corrected chi connectivity index (χ2v) is 10.2. The third-order valence-electron chi connectivity index (χ3n) is 5.09. The van der Waals surface area contributed by atoms with E-state index in [-0.39, 0.29) is 11.5 Å². The number of nitrogens with zero attached hydrogens (tertiary/aromatic N) is 3. The second kappa shape index (κ2) is 10.1. The van der Waals surface area contributed by atoms with Crippen molar-refractivity contribution >= 4 is 39.3 Å². The molecule has 0 aromatic carbocycles. The van der Waals surface area contributed by atoms with Gasteiger partial charge in [-0.1, -0.05) is 18.7 Å². The lowest BCUT2D eigenvalue weighted by molar-refractivity contribution is -0.142. The number of aryl methyl sites for hydroxylation is 2. The number of fused-ring (bicyclic) bond motifs is 3. The fraction of sp³-hybridized carbons (Fsp3) is 0.667. The average Bonchev–Trinajstić information content (AvgIpc) is 3.06. The predicted molar refractivity (Wildman–Crippen MR) is 120 cm³/mol. The zero-order chi connectivity index (χ0) is 21.0. The Morgan fingerprint density at radius 1 is 1.34 bits per heavy atom. The Balaban J connectivity index is 1.97. The van der Waals surface area contributed by atoms with Gasteiger partial charge in [-0.3, -0.25) is 14.2 Å². The van der Waals surface area contributed by atoms with Gasteiger partial charge >= 0.3 is 5.97 Å². The van der Waals surface area contributed by atoms with Gasteiger partial charge in [0.05, 0.1) is 12.0 Å². The maximum absolute atomic E-state index is 13.5. The van der Waals surface area contributed by atoms with Crippen LogP contribution in [-0.2, 0) is 28.9 Å². The molecule has 1 aliphatic rings. The standard InChI is InChI=1S/C21H31N3O3S2/c1-5-13-27-20(26)14(2)28-21-22-18-17(15-9-6-7-10-16(15)29-18)19(25)24(21)12-8-11-23(3)4/h14H,5-13H2,1-4H3. The minimum atomic E-state index is -0.402. The van der Waals surface area contributed by atoms with Crippen molar-refractivity contribution in [3.8, 4) is 0 Å². The van der Waals surface area contributed by atoms with Crippen LogP contribution < -0.4 is 5.56 Å². The highest BCUT2D eigenvalue weighted by atomic mass is 32.2. The van der Waals surface area contributed by atoms with E-state index in [9.17, 15) is 9.59 Å². The number of thioether (sulfide) groups is 1. The number of aromatic nitrogens is 2. The summed E-state index contributed by atoms with van der Waals surface area (Å²) < 4.78 is 7.06. The number of rotatable bonds is 9. The van der Waals surface area contributed by atoms with Crippen LogP contribution in [0, 0.1) is 0 Å². The van der Waals surface area contributed by atoms with Gasteiger partial charge in [0.2, 0.25) is 0 Å². The number of hydrogen-bond donors (Lipinski definition) is 0. The van der Waals surface area contributed by atoms with Gasteiger partial charge in [0.25, 0.3) is 5.56 Å². The molecule has 3 rings (SSSR count). The van der Waals surface area contributed by atoms with E-state index < -0.39 is 5.25 Å². The Labute approximate surface area is 180 Å². The Morgan fingerprint density at radius 2 is 2.10 bits per heavy atom. The topological polar surface area (TPSA) is 64.4 Å². The molecule has 160 valence electrons. The third-order valence-corrected chi connectivity index (χ3v) is 7.34. The van der Waals surface area contributed by atoms with Gasteiger partial charge in [0, 0.05) is 11.4 Å². The van der Waals surface area contributed by atoms with Gasteiger partial charge in [-0.05, 0) is 71.7 Å². The first-order valence-corrected chi connectivity index (χ1v) is 12.1. The van der Waals surface area contributed by atoms with Crippen LogP contribution in [-0.4, -0.2) is 52.9 Å². The zero-order valence-electron chi connectivity index (χ0n) is 17.8. The highest BCUT2D eigenvalue weighted by molar-refractivity contribution is 8.00. The molecule has 29 heavy (non-hydrogen) atoms. The van der Waals surface area contributed by atoms with Gasteiger partial charge in [-0.15, -0.1) is 11.3 Å². The first-order valence-electron chi connectivity index (χ1n) is 10.5. The molecule has 0 spiro atoms. The lowest BCUT2D eigenvalue weighted by Gasteiger charge is -2.17. The van der Waals surface area contributed by atoms with Crippen LogP contribution in [0.2, 0.25) is 0 Å². The summed E-state index contributed by atoms with van der Waals surface area (Å²) in [7, 11) is 4.06. The van der Waals surface area contributed by atoms with Crippen molar-refractivity contribution in [3.05, 3.63) is 20.8 Å². The Hall–Kier alpha value is -1.38. The molecule has 0 fully saturated rings. The van der Waals surface area contributed by atoms with E-state index in [4.69, 9.17) is 9.72 Å². The first-order chi connectivity index (χ1) is 13.9. The molecule has 1 aliphatic carbocycles. The van der Waals surface area contributed by atoms with Crippen LogP contribution >= 0.6 is 23.1 Å². The van der Waals surface area contributed by atoms with E-state index in [2.05, 4.69) is 4.90 Å². The maximum atomic E-state index is 13.5. The third kappa shape index (κ3) is 5.22. The minimum Gasteiger partial charge on any atom is -0.465 e. The molecule has 0 N–H and O–H groups in total. The number of carbonyl (C=O) groups is 1. The number of carbonyl (C=O) groups excluding carboxylic acids is 1. The Kier molecular flexibility index (Phi) is 7.76. The molecule has 1 unspecified atom stereocenters. The fourth-order valence-corrected chi connectivity index (χ4v) is 5.81. The van der Waals surface area contributed by atoms with Crippen molar-refractivity contribution in [3.63, 3.8) is 0 Å². The lowest BCUT2D eigenvalue weighted by Crippen LogP contribution is -2.27. The quantitative estimate of drug-likeness (QED) is 0.338. The summed E-state index contributed by atoms with van der Waals surface area (Å²) in [6.07, 6.45) is 5.97. The smallest absolute Gasteiger partial charge is 0.319 e. The summed E-state index contributed by atoms with van der Waals surface area (Å²) in [5, 5.41) is 1.03. The minimum absolute atomic E-state index is 0.0461. The van der Waals surface area contributed by atoms with Crippen LogP contribution in [0.15, 0.2) is 9.95 Å². The number of esters is 1. The van der Waals surface area contributed by atoms with Crippen LogP contribution in [0.3, 0.4) is 0 Å². The average molecular weight is 438 g/mol. The van der Waals surface area contributed by atoms with E-state index in [1.807, 2.05) is 27.9 Å². The highest BCUT2D eigenvalue weighted by Gasteiger charge is 2.24. The molecule has 2 heterocycles. The van der Waals surface area contributed by atoms with Crippen LogP contribution in [0.25, 0.3) is 10.2 Å². The maximum Gasteiger partial charge on any atom is 0.319 e. The summed E-state index contributed by atoms with van der Waals surface area (Å²) in [6.45, 7) is 5.71. The SMILES string of the molecule is CCCOC(=O)C(C)Sc1nc2sc3c(c2c(=O)n1CCCN(C)C)CCCC3. The molecule has 0 radical (unpaired) electrons. The van der Waals surface area contributed by atoms with E-state index >= 15 is 0 Å². The molecule has 8 heteroatoms. The first kappa shape index (κ1) is 22.3. The summed E-state index contributed by atoms with van der Waals surface area (Å²) in [6, 6.07) is 0. The van der Waals surface area contributed by atoms with Crippen molar-refractivity contribution < 1.29 is 9.53 Å². The van der Waals surface area contributed by atoms with Crippen molar-refractivity contribution in [2.24, 2.45) is 0 Å². The number of ether oxygens (including phenoxy) is 1. The molecular weight excluding hydrogens is 406 g/mol. The zero-order valence-corrected chi connectivity index (χ0v) is 19.5. The van der Waals surface area contributed by atoms with Gasteiger partial charge in [-0.25, -0.2) is 4.98 Å². The predicted octanol–water partition coefficient (Wildman–Crippen LogP) is 3.72. The van der Waals surface area contributed by atoms with E-state index in [0.29, 0.717) is 18.3 Å². The van der Waals surface area contributed by atoms with Gasteiger partial charge in [-0.2, -0.15) is 0 Å². The molecule has 0 amide bonds. The van der Waals surface area contributed by atoms with Crippen molar-refractivity contribution in [1.29, 1.82) is 0 Å². The van der Waals surface area contributed by atoms with E-state index in [1.165, 1.54) is 28.6 Å². The largest absolute Gasteiger partial charge is 0.465 e. The molecule has 2 aromatic heterocycles. The summed E-state index contributed by atoms with van der Waals surface area (Å²) in [5.74, 6) is -0.253. The van der Waals surface area contributed by atoms with Crippen LogP contribution in [0.5, 0.6) is 0 Å². The molecule has 6 nitrogen and oxygen atoms in total. The highest BCUT2D eigenvalue weighted by Crippen LogP contribution is 2.35. The lowest BCUT2D eigenvalue weighted by atomic mass is 9.97. The molecule has 0 saturated carbocycles.